The van der Waals surface area contributed by atoms with Gasteiger partial charge in [-0.15, -0.1) is 0 Å². The third-order valence-electron chi connectivity index (χ3n) is 5.25. The number of nitrogens with two attached hydrogens (primary N) is 2. The first-order valence-corrected chi connectivity index (χ1v) is 7.62. The average Bonchev–Trinajstić information content (AvgIpc) is 2.77. The van der Waals surface area contributed by atoms with Crippen LogP contribution in [0.3, 0.4) is 0 Å². The molecule has 0 amide bonds. The average molecular weight is 328 g/mol. The van der Waals surface area contributed by atoms with Crippen LogP contribution in [0.4, 0.5) is 11.8 Å². The fourth-order valence-electron chi connectivity index (χ4n) is 3.63. The van der Waals surface area contributed by atoms with Crippen LogP contribution in [0.25, 0.3) is 0 Å². The maximum Gasteiger partial charge on any atom is 0.223 e. The Morgan fingerprint density at radius 1 is 1.52 bits per heavy atom. The number of thiocarbonyl (C=S) groups is 1. The van der Waals surface area contributed by atoms with Crippen molar-refractivity contribution in [1.29, 1.82) is 0 Å². The van der Waals surface area contributed by atoms with E-state index in [4.69, 9.17) is 35.3 Å². The van der Waals surface area contributed by atoms with Gasteiger partial charge in [0, 0.05) is 11.5 Å². The van der Waals surface area contributed by atoms with Crippen LogP contribution in [0.5, 0.6) is 0 Å². The molecule has 3 rings (SSSR count). The van der Waals surface area contributed by atoms with E-state index in [-0.39, 0.29) is 33.7 Å². The molecule has 114 valence electrons. The van der Waals surface area contributed by atoms with E-state index in [2.05, 4.69) is 29.1 Å². The summed E-state index contributed by atoms with van der Waals surface area (Å²) in [5.74, 6) is 1.17. The molecule has 2 saturated carbocycles. The van der Waals surface area contributed by atoms with E-state index >= 15 is 0 Å². The van der Waals surface area contributed by atoms with Gasteiger partial charge in [0.05, 0.1) is 11.7 Å². The summed E-state index contributed by atoms with van der Waals surface area (Å²) in [4.78, 5) is 8.19. The van der Waals surface area contributed by atoms with Gasteiger partial charge in [-0.2, -0.15) is 4.98 Å². The Morgan fingerprint density at radius 2 is 2.19 bits per heavy atom. The number of halogens is 1. The Balaban J connectivity index is 1.88. The Labute approximate surface area is 133 Å². The molecule has 1 aromatic heterocycles. The van der Waals surface area contributed by atoms with E-state index in [1.165, 1.54) is 0 Å². The zero-order valence-corrected chi connectivity index (χ0v) is 13.4. The first-order chi connectivity index (χ1) is 9.76. The summed E-state index contributed by atoms with van der Waals surface area (Å²) in [5.41, 5.74) is 11.7. The number of aromatic nitrogens is 2. The third-order valence-corrected chi connectivity index (χ3v) is 5.73. The number of hydrogen-bond donors (Lipinski definition) is 4. The number of nitrogen functional groups attached to an aromatic ring is 1. The van der Waals surface area contributed by atoms with E-state index in [9.17, 15) is 5.11 Å². The van der Waals surface area contributed by atoms with Crippen molar-refractivity contribution in [1.82, 2.24) is 9.97 Å². The number of hydrogen-bond acceptors (Lipinski definition) is 6. The van der Waals surface area contributed by atoms with Crippen molar-refractivity contribution >= 4 is 40.6 Å². The highest BCUT2D eigenvalue weighted by atomic mass is 35.5. The van der Waals surface area contributed by atoms with Crippen LogP contribution in [-0.4, -0.2) is 32.2 Å². The summed E-state index contributed by atoms with van der Waals surface area (Å²) >= 11 is 11.1. The van der Waals surface area contributed by atoms with Gasteiger partial charge in [0.15, 0.2) is 0 Å². The monoisotopic (exact) mass is 327 g/mol. The lowest BCUT2D eigenvalue weighted by Crippen LogP contribution is -2.32. The maximum absolute atomic E-state index is 9.96. The Bertz CT molecular complexity index is 627. The standard InChI is InChI=1S/C13H18ClN5OS/c1-4-6(3-5-8(20)13(4,5)2)17-11-7(10(15)21)9(14)18-12(16)19-11/h4-6,8,20H,3H2,1-2H3,(H2,15,21)(H3,16,17,18,19). The number of rotatable bonds is 3. The molecule has 0 spiro atoms. The molecule has 6 N–H and O–H groups in total. The zero-order valence-electron chi connectivity index (χ0n) is 11.8. The van der Waals surface area contributed by atoms with Crippen molar-refractivity contribution in [3.8, 4) is 0 Å². The topological polar surface area (TPSA) is 110 Å². The van der Waals surface area contributed by atoms with Gasteiger partial charge >= 0.3 is 0 Å². The van der Waals surface area contributed by atoms with E-state index in [1.54, 1.807) is 0 Å². The molecule has 0 aliphatic heterocycles. The van der Waals surface area contributed by atoms with Crippen LogP contribution in [0.1, 0.15) is 25.8 Å². The predicted molar refractivity (Wildman–Crippen MR) is 86.1 cm³/mol. The minimum Gasteiger partial charge on any atom is -0.392 e. The Morgan fingerprint density at radius 3 is 2.71 bits per heavy atom. The smallest absolute Gasteiger partial charge is 0.223 e. The molecular formula is C13H18ClN5OS. The highest BCUT2D eigenvalue weighted by molar-refractivity contribution is 7.80. The van der Waals surface area contributed by atoms with Crippen LogP contribution in [0.2, 0.25) is 5.15 Å². The van der Waals surface area contributed by atoms with E-state index in [0.717, 1.165) is 6.42 Å². The van der Waals surface area contributed by atoms with E-state index < -0.39 is 0 Å². The number of nitrogens with zero attached hydrogens (tertiary/aromatic N) is 2. The van der Waals surface area contributed by atoms with Crippen LogP contribution in [0, 0.1) is 17.3 Å². The Kier molecular flexibility index (Phi) is 3.27. The second-order valence-corrected chi connectivity index (χ2v) is 6.95. The third kappa shape index (κ3) is 2.06. The molecule has 2 aliphatic carbocycles. The first kappa shape index (κ1) is 14.7. The minimum atomic E-state index is -0.209. The largest absolute Gasteiger partial charge is 0.392 e. The van der Waals surface area contributed by atoms with Gasteiger partial charge in [0.2, 0.25) is 5.95 Å². The second-order valence-electron chi connectivity index (χ2n) is 6.15. The van der Waals surface area contributed by atoms with Crippen molar-refractivity contribution in [3.05, 3.63) is 10.7 Å². The van der Waals surface area contributed by atoms with Gasteiger partial charge in [0.25, 0.3) is 0 Å². The first-order valence-electron chi connectivity index (χ1n) is 6.84. The lowest BCUT2D eigenvalue weighted by Gasteiger charge is -2.26. The number of aliphatic hydroxyl groups is 1. The van der Waals surface area contributed by atoms with Crippen molar-refractivity contribution in [2.45, 2.75) is 32.4 Å². The molecule has 5 unspecified atom stereocenters. The quantitative estimate of drug-likeness (QED) is 0.487. The second kappa shape index (κ2) is 4.66. The van der Waals surface area contributed by atoms with Gasteiger partial charge in [-0.05, 0) is 18.3 Å². The van der Waals surface area contributed by atoms with Gasteiger partial charge in [-0.1, -0.05) is 37.7 Å². The molecule has 0 bridgehead atoms. The van der Waals surface area contributed by atoms with Crippen LogP contribution in [0.15, 0.2) is 0 Å². The molecule has 0 radical (unpaired) electrons. The SMILES string of the molecule is CC1C(Nc2nc(N)nc(Cl)c2C(N)=S)CC2C(O)C12C. The van der Waals surface area contributed by atoms with Crippen molar-refractivity contribution < 1.29 is 5.11 Å². The summed E-state index contributed by atoms with van der Waals surface area (Å²) < 4.78 is 0. The summed E-state index contributed by atoms with van der Waals surface area (Å²) in [6, 6.07) is 0.168. The summed E-state index contributed by atoms with van der Waals surface area (Å²) in [7, 11) is 0. The Hall–Kier alpha value is -1.18. The predicted octanol–water partition coefficient (Wildman–Crippen LogP) is 1.16. The molecule has 8 heteroatoms. The maximum atomic E-state index is 9.96. The van der Waals surface area contributed by atoms with Crippen LogP contribution in [-0.2, 0) is 0 Å². The molecular weight excluding hydrogens is 310 g/mol. The summed E-state index contributed by atoms with van der Waals surface area (Å²) in [6.07, 6.45) is 0.664. The van der Waals surface area contributed by atoms with E-state index in [1.807, 2.05) is 0 Å². The normalized spacial score (nSPS) is 37.1. The lowest BCUT2D eigenvalue weighted by molar-refractivity contribution is 0.175. The van der Waals surface area contributed by atoms with Crippen molar-refractivity contribution in [2.75, 3.05) is 11.1 Å². The highest BCUT2D eigenvalue weighted by Crippen LogP contribution is 2.66. The molecule has 1 aromatic rings. The van der Waals surface area contributed by atoms with Gasteiger partial charge in [0.1, 0.15) is 16.0 Å². The molecule has 2 aliphatic rings. The molecule has 0 aromatic carbocycles. The summed E-state index contributed by atoms with van der Waals surface area (Å²) in [6.45, 7) is 4.24. The molecule has 0 saturated heterocycles. The minimum absolute atomic E-state index is 0.0244. The molecule has 5 atom stereocenters. The fourth-order valence-corrected chi connectivity index (χ4v) is 4.16. The van der Waals surface area contributed by atoms with Crippen LogP contribution < -0.4 is 16.8 Å². The molecule has 2 fully saturated rings. The van der Waals surface area contributed by atoms with E-state index in [0.29, 0.717) is 23.2 Å². The fraction of sp³-hybridized carbons (Fsp3) is 0.615. The molecule has 1 heterocycles. The number of fused-ring (bicyclic) bond motifs is 1. The van der Waals surface area contributed by atoms with Gasteiger partial charge in [-0.25, -0.2) is 4.98 Å². The number of aliphatic hydroxyl groups excluding tert-OH is 1. The highest BCUT2D eigenvalue weighted by Gasteiger charge is 2.69. The number of nitrogens with one attached hydrogen (secondary N) is 1. The van der Waals surface area contributed by atoms with Gasteiger partial charge < -0.3 is 21.9 Å². The van der Waals surface area contributed by atoms with Gasteiger partial charge in [-0.3, -0.25) is 0 Å². The van der Waals surface area contributed by atoms with Crippen molar-refractivity contribution in [2.24, 2.45) is 23.0 Å². The lowest BCUT2D eigenvalue weighted by atomic mass is 9.90. The van der Waals surface area contributed by atoms with Crippen LogP contribution >= 0.6 is 23.8 Å². The summed E-state index contributed by atoms with van der Waals surface area (Å²) in [5, 5.41) is 13.4. The molecule has 21 heavy (non-hydrogen) atoms. The molecule has 6 nitrogen and oxygen atoms in total. The number of anilines is 2. The zero-order chi connectivity index (χ0) is 15.5. The van der Waals surface area contributed by atoms with Crippen molar-refractivity contribution in [3.63, 3.8) is 0 Å².